The molecule has 1 saturated heterocycles. The van der Waals surface area contributed by atoms with Crippen molar-refractivity contribution in [2.75, 3.05) is 13.1 Å². The van der Waals surface area contributed by atoms with Gasteiger partial charge in [-0.15, -0.1) is 0 Å². The largest absolute Gasteiger partial charge is 0.480 e. The molecule has 1 heterocycles. The van der Waals surface area contributed by atoms with Crippen LogP contribution in [0.25, 0.3) is 0 Å². The predicted octanol–water partition coefficient (Wildman–Crippen LogP) is 0.977. The molecular formula is C13H22N2O5. The van der Waals surface area contributed by atoms with Gasteiger partial charge in [-0.25, -0.2) is 9.59 Å². The first kappa shape index (κ1) is 16.3. The highest BCUT2D eigenvalue weighted by Gasteiger charge is 2.35. The van der Waals surface area contributed by atoms with Gasteiger partial charge < -0.3 is 20.1 Å². The summed E-state index contributed by atoms with van der Waals surface area (Å²) < 4.78 is 5.07. The van der Waals surface area contributed by atoms with Gasteiger partial charge >= 0.3 is 12.1 Å². The van der Waals surface area contributed by atoms with E-state index in [1.807, 2.05) is 0 Å². The maximum atomic E-state index is 11.6. The number of alkyl carbamates (subject to hydrolysis) is 1. The monoisotopic (exact) mass is 286 g/mol. The fraction of sp³-hybridized carbons (Fsp3) is 0.769. The highest BCUT2D eigenvalue weighted by molar-refractivity contribution is 5.87. The Morgan fingerprint density at radius 2 is 2.10 bits per heavy atom. The molecule has 1 unspecified atom stereocenters. The molecule has 7 heteroatoms. The number of likely N-dealkylation sites (tertiary alicyclic amines) is 1. The molecule has 0 aliphatic carbocycles. The average Bonchev–Trinajstić information content (AvgIpc) is 2.64. The smallest absolute Gasteiger partial charge is 0.407 e. The lowest BCUT2D eigenvalue weighted by Gasteiger charge is -2.22. The minimum absolute atomic E-state index is 0.144. The van der Waals surface area contributed by atoms with Gasteiger partial charge in [0.15, 0.2) is 0 Å². The summed E-state index contributed by atoms with van der Waals surface area (Å²) in [6.07, 6.45) is 0.610. The molecule has 1 atom stereocenters. The first-order valence-electron chi connectivity index (χ1n) is 6.70. The molecular weight excluding hydrogens is 264 g/mol. The van der Waals surface area contributed by atoms with Crippen molar-refractivity contribution < 1.29 is 24.2 Å². The summed E-state index contributed by atoms with van der Waals surface area (Å²) in [6.45, 7) is 5.98. The molecule has 2 N–H and O–H groups in total. The molecule has 20 heavy (non-hydrogen) atoms. The molecule has 0 radical (unpaired) electrons. The second-order valence-corrected chi connectivity index (χ2v) is 5.76. The van der Waals surface area contributed by atoms with Gasteiger partial charge in [0.1, 0.15) is 11.6 Å². The van der Waals surface area contributed by atoms with Gasteiger partial charge in [0.05, 0.1) is 0 Å². The Hall–Kier alpha value is -1.79. The number of aliphatic carboxylic acids is 1. The number of nitrogens with zero attached hydrogens (tertiary/aromatic N) is 1. The van der Waals surface area contributed by atoms with E-state index in [4.69, 9.17) is 9.84 Å². The maximum Gasteiger partial charge on any atom is 0.407 e. The van der Waals surface area contributed by atoms with Gasteiger partial charge in [-0.2, -0.15) is 0 Å². The molecule has 7 nitrogen and oxygen atoms in total. The van der Waals surface area contributed by atoms with Gasteiger partial charge in [-0.05, 0) is 33.6 Å². The lowest BCUT2D eigenvalue weighted by atomic mass is 10.2. The van der Waals surface area contributed by atoms with E-state index in [1.165, 1.54) is 4.90 Å². The van der Waals surface area contributed by atoms with Crippen molar-refractivity contribution in [1.29, 1.82) is 0 Å². The van der Waals surface area contributed by atoms with Crippen LogP contribution in [0.2, 0.25) is 0 Å². The van der Waals surface area contributed by atoms with E-state index in [-0.39, 0.29) is 12.3 Å². The minimum Gasteiger partial charge on any atom is -0.480 e. The second kappa shape index (κ2) is 6.58. The molecule has 2 amide bonds. The lowest BCUT2D eigenvalue weighted by Crippen LogP contribution is -2.40. The molecule has 0 saturated carbocycles. The summed E-state index contributed by atoms with van der Waals surface area (Å²) in [6, 6.07) is -0.732. The summed E-state index contributed by atoms with van der Waals surface area (Å²) in [5.74, 6) is -1.12. The van der Waals surface area contributed by atoms with Gasteiger partial charge in [-0.3, -0.25) is 4.79 Å². The number of amides is 2. The Kier molecular flexibility index (Phi) is 5.35. The summed E-state index contributed by atoms with van der Waals surface area (Å²) >= 11 is 0. The van der Waals surface area contributed by atoms with E-state index >= 15 is 0 Å². The Bertz CT molecular complexity index is 389. The standard InChI is InChI=1S/C13H22N2O5/c1-13(2,3)20-12(19)14-7-4-8-15-9(11(17)18)5-6-10(15)16/h9H,4-8H2,1-3H3,(H,14,19)(H,17,18). The molecule has 0 spiro atoms. The predicted molar refractivity (Wildman–Crippen MR) is 71.2 cm³/mol. The van der Waals surface area contributed by atoms with Crippen LogP contribution in [0.4, 0.5) is 4.79 Å². The number of carbonyl (C=O) groups excluding carboxylic acids is 2. The van der Waals surface area contributed by atoms with Crippen LogP contribution in [0.1, 0.15) is 40.0 Å². The third kappa shape index (κ3) is 5.07. The lowest BCUT2D eigenvalue weighted by molar-refractivity contribution is -0.146. The van der Waals surface area contributed by atoms with Crippen LogP contribution in [0.3, 0.4) is 0 Å². The van der Waals surface area contributed by atoms with Crippen LogP contribution >= 0.6 is 0 Å². The Morgan fingerprint density at radius 3 is 2.65 bits per heavy atom. The van der Waals surface area contributed by atoms with Crippen LogP contribution in [0, 0.1) is 0 Å². The third-order valence-corrected chi connectivity index (χ3v) is 2.86. The normalized spacial score (nSPS) is 19.1. The number of carboxylic acid groups (broad SMARTS) is 1. The van der Waals surface area contributed by atoms with Crippen LogP contribution in [0.15, 0.2) is 0 Å². The molecule has 0 aromatic carbocycles. The van der Waals surface area contributed by atoms with Crippen molar-refractivity contribution in [3.05, 3.63) is 0 Å². The van der Waals surface area contributed by atoms with Crippen molar-refractivity contribution in [2.24, 2.45) is 0 Å². The van der Waals surface area contributed by atoms with Crippen molar-refractivity contribution in [2.45, 2.75) is 51.7 Å². The first-order valence-corrected chi connectivity index (χ1v) is 6.70. The second-order valence-electron chi connectivity index (χ2n) is 5.76. The zero-order valence-electron chi connectivity index (χ0n) is 12.1. The molecule has 1 fully saturated rings. The zero-order chi connectivity index (χ0) is 15.3. The van der Waals surface area contributed by atoms with Gasteiger partial charge in [0.25, 0.3) is 0 Å². The summed E-state index contributed by atoms with van der Waals surface area (Å²) in [4.78, 5) is 35.3. The van der Waals surface area contributed by atoms with Crippen molar-refractivity contribution in [3.8, 4) is 0 Å². The quantitative estimate of drug-likeness (QED) is 0.734. The Balaban J connectivity index is 2.28. The summed E-state index contributed by atoms with van der Waals surface area (Å²) in [5, 5.41) is 11.6. The van der Waals surface area contributed by atoms with E-state index in [0.29, 0.717) is 25.9 Å². The highest BCUT2D eigenvalue weighted by atomic mass is 16.6. The van der Waals surface area contributed by atoms with E-state index in [0.717, 1.165) is 0 Å². The van der Waals surface area contributed by atoms with E-state index in [2.05, 4.69) is 5.32 Å². The molecule has 0 aromatic heterocycles. The SMILES string of the molecule is CC(C)(C)OC(=O)NCCCN1C(=O)CCC1C(=O)O. The van der Waals surface area contributed by atoms with Crippen molar-refractivity contribution in [3.63, 3.8) is 0 Å². The minimum atomic E-state index is -0.976. The third-order valence-electron chi connectivity index (χ3n) is 2.86. The zero-order valence-corrected chi connectivity index (χ0v) is 12.1. The van der Waals surface area contributed by atoms with Crippen LogP contribution in [0.5, 0.6) is 0 Å². The number of hydrogen-bond donors (Lipinski definition) is 2. The van der Waals surface area contributed by atoms with Crippen LogP contribution in [-0.2, 0) is 14.3 Å². The number of ether oxygens (including phenoxy) is 1. The maximum absolute atomic E-state index is 11.6. The fourth-order valence-corrected chi connectivity index (χ4v) is 2.02. The first-order chi connectivity index (χ1) is 9.20. The summed E-state index contributed by atoms with van der Waals surface area (Å²) in [5.41, 5.74) is -0.552. The van der Waals surface area contributed by atoms with Gasteiger partial charge in [0.2, 0.25) is 5.91 Å². The topological polar surface area (TPSA) is 95.9 Å². The van der Waals surface area contributed by atoms with E-state index in [1.54, 1.807) is 20.8 Å². The van der Waals surface area contributed by atoms with Gasteiger partial charge in [-0.1, -0.05) is 0 Å². The number of rotatable bonds is 5. The molecule has 1 aliphatic heterocycles. The molecule has 1 rings (SSSR count). The van der Waals surface area contributed by atoms with E-state index in [9.17, 15) is 14.4 Å². The highest BCUT2D eigenvalue weighted by Crippen LogP contribution is 2.18. The van der Waals surface area contributed by atoms with Crippen molar-refractivity contribution >= 4 is 18.0 Å². The molecule has 0 bridgehead atoms. The Labute approximate surface area is 118 Å². The average molecular weight is 286 g/mol. The summed E-state index contributed by atoms with van der Waals surface area (Å²) in [7, 11) is 0. The van der Waals surface area contributed by atoms with E-state index < -0.39 is 23.7 Å². The number of carboxylic acids is 1. The molecule has 0 aromatic rings. The Morgan fingerprint density at radius 1 is 1.45 bits per heavy atom. The van der Waals surface area contributed by atoms with Crippen LogP contribution < -0.4 is 5.32 Å². The number of carbonyl (C=O) groups is 3. The molecule has 114 valence electrons. The van der Waals surface area contributed by atoms with Gasteiger partial charge in [0, 0.05) is 19.5 Å². The number of hydrogen-bond acceptors (Lipinski definition) is 4. The van der Waals surface area contributed by atoms with Crippen molar-refractivity contribution in [1.82, 2.24) is 10.2 Å². The molecule has 1 aliphatic rings. The van der Waals surface area contributed by atoms with Crippen LogP contribution in [-0.4, -0.2) is 52.7 Å². The number of nitrogens with one attached hydrogen (secondary N) is 1. The fourth-order valence-electron chi connectivity index (χ4n) is 2.02.